The topological polar surface area (TPSA) is 38.1 Å². The minimum absolute atomic E-state index is 0.639. The van der Waals surface area contributed by atoms with Crippen molar-refractivity contribution in [2.75, 3.05) is 0 Å². The molecule has 0 saturated carbocycles. The molecule has 0 aromatic carbocycles. The Bertz CT molecular complexity index is 261. The fraction of sp³-hybridized carbons (Fsp3) is 0.167. The fourth-order valence-electron chi connectivity index (χ4n) is 0.496. The van der Waals surface area contributed by atoms with Crippen LogP contribution in [0.25, 0.3) is 0 Å². The Morgan fingerprint density at radius 3 is 2.60 bits per heavy atom. The van der Waals surface area contributed by atoms with Gasteiger partial charge in [0.2, 0.25) is 0 Å². The molecule has 50 valence electrons. The molecule has 10 heavy (non-hydrogen) atoms. The summed E-state index contributed by atoms with van der Waals surface area (Å²) < 4.78 is 0. The maximum atomic E-state index is 4.39. The number of hydrogen-bond donors (Lipinski definition) is 0. The van der Waals surface area contributed by atoms with Crippen LogP contribution in [-0.4, -0.2) is 15.1 Å². The first-order valence-corrected chi connectivity index (χ1v) is 3.10. The third-order valence-corrected chi connectivity index (χ3v) is 1.03. The van der Waals surface area contributed by atoms with Gasteiger partial charge in [0.05, 0.1) is 17.6 Å². The molecular formula is C6H5N3S. The maximum Gasteiger partial charge on any atom is 0.125 e. The lowest BCUT2D eigenvalue weighted by Crippen LogP contribution is -1.82. The Hall–Kier alpha value is -1.12. The molecule has 0 unspecified atom stereocenters. The minimum atomic E-state index is 0.639. The van der Waals surface area contributed by atoms with E-state index in [0.717, 1.165) is 5.82 Å². The van der Waals surface area contributed by atoms with Crippen molar-refractivity contribution < 1.29 is 0 Å². The van der Waals surface area contributed by atoms with E-state index in [4.69, 9.17) is 0 Å². The largest absolute Gasteiger partial charge is 0.239 e. The summed E-state index contributed by atoms with van der Waals surface area (Å²) in [6, 6.07) is 0. The average molecular weight is 151 g/mol. The van der Waals surface area contributed by atoms with Gasteiger partial charge in [0, 0.05) is 0 Å². The summed E-state index contributed by atoms with van der Waals surface area (Å²) in [7, 11) is 0. The first-order valence-electron chi connectivity index (χ1n) is 2.69. The summed E-state index contributed by atoms with van der Waals surface area (Å²) in [4.78, 5) is 11.5. The van der Waals surface area contributed by atoms with Gasteiger partial charge < -0.3 is 0 Å². The van der Waals surface area contributed by atoms with E-state index in [1.165, 1.54) is 0 Å². The van der Waals surface area contributed by atoms with Crippen molar-refractivity contribution in [3.05, 3.63) is 18.2 Å². The summed E-state index contributed by atoms with van der Waals surface area (Å²) in [5, 5.41) is 2.23. The first kappa shape index (κ1) is 6.99. The van der Waals surface area contributed by atoms with Crippen molar-refractivity contribution in [1.82, 2.24) is 9.97 Å². The van der Waals surface area contributed by atoms with Crippen LogP contribution < -0.4 is 0 Å². The van der Waals surface area contributed by atoms with Gasteiger partial charge in [0.1, 0.15) is 11.5 Å². The highest BCUT2D eigenvalue weighted by molar-refractivity contribution is 7.78. The van der Waals surface area contributed by atoms with Crippen molar-refractivity contribution in [3.8, 4) is 0 Å². The molecule has 0 saturated heterocycles. The number of aliphatic imine (C=N–C) groups is 1. The third kappa shape index (κ3) is 1.69. The first-order chi connectivity index (χ1) is 4.83. The van der Waals surface area contributed by atoms with E-state index < -0.39 is 0 Å². The predicted molar refractivity (Wildman–Crippen MR) is 41.5 cm³/mol. The van der Waals surface area contributed by atoms with Crippen LogP contribution in [0, 0.1) is 6.92 Å². The second kappa shape index (κ2) is 3.15. The quantitative estimate of drug-likeness (QED) is 0.451. The number of rotatable bonds is 1. The van der Waals surface area contributed by atoms with E-state index in [9.17, 15) is 0 Å². The molecule has 0 spiro atoms. The summed E-state index contributed by atoms with van der Waals surface area (Å²) in [5.41, 5.74) is 0.639. The number of hydrogen-bond acceptors (Lipinski definition) is 4. The molecule has 0 bridgehead atoms. The van der Waals surface area contributed by atoms with E-state index in [1.807, 2.05) is 6.92 Å². The summed E-state index contributed by atoms with van der Waals surface area (Å²) >= 11 is 4.39. The van der Waals surface area contributed by atoms with Crippen molar-refractivity contribution in [1.29, 1.82) is 0 Å². The lowest BCUT2D eigenvalue weighted by atomic mass is 10.5. The Labute approximate surface area is 63.9 Å². The van der Waals surface area contributed by atoms with Crippen LogP contribution in [0.1, 0.15) is 5.82 Å². The normalized spacial score (nSPS) is 8.50. The van der Waals surface area contributed by atoms with Gasteiger partial charge in [0.25, 0.3) is 0 Å². The van der Waals surface area contributed by atoms with Crippen LogP contribution in [0.4, 0.5) is 5.69 Å². The van der Waals surface area contributed by atoms with Crippen LogP contribution in [0.5, 0.6) is 0 Å². The van der Waals surface area contributed by atoms with Crippen molar-refractivity contribution in [2.45, 2.75) is 6.92 Å². The zero-order chi connectivity index (χ0) is 7.40. The van der Waals surface area contributed by atoms with E-state index in [-0.39, 0.29) is 0 Å². The van der Waals surface area contributed by atoms with Gasteiger partial charge in [-0.3, -0.25) is 0 Å². The van der Waals surface area contributed by atoms with Crippen LogP contribution in [0.2, 0.25) is 0 Å². The summed E-state index contributed by atoms with van der Waals surface area (Å²) in [6.07, 6.45) is 3.20. The zero-order valence-electron chi connectivity index (χ0n) is 5.40. The molecule has 4 heteroatoms. The highest BCUT2D eigenvalue weighted by atomic mass is 32.1. The lowest BCUT2D eigenvalue weighted by molar-refractivity contribution is 1.05. The van der Waals surface area contributed by atoms with Crippen LogP contribution in [0.3, 0.4) is 0 Å². The molecule has 1 rings (SSSR count). The number of isothiocyanates is 1. The highest BCUT2D eigenvalue weighted by Gasteiger charge is 1.87. The Morgan fingerprint density at radius 2 is 2.10 bits per heavy atom. The van der Waals surface area contributed by atoms with Gasteiger partial charge in [0.15, 0.2) is 0 Å². The molecule has 0 aliphatic carbocycles. The van der Waals surface area contributed by atoms with Gasteiger partial charge in [-0.1, -0.05) is 0 Å². The number of thiocarbonyl (C=S) groups is 1. The number of nitrogens with zero attached hydrogens (tertiary/aromatic N) is 3. The van der Waals surface area contributed by atoms with Crippen LogP contribution >= 0.6 is 12.2 Å². The SMILES string of the molecule is Cc1ncc(N=C=S)cn1. The van der Waals surface area contributed by atoms with E-state index in [0.29, 0.717) is 5.69 Å². The van der Waals surface area contributed by atoms with Crippen LogP contribution in [-0.2, 0) is 0 Å². The molecule has 0 N–H and O–H groups in total. The lowest BCUT2D eigenvalue weighted by Gasteiger charge is -1.88. The average Bonchev–Trinajstić information content (AvgIpc) is 1.95. The molecule has 0 atom stereocenters. The molecule has 0 amide bonds. The van der Waals surface area contributed by atoms with E-state index >= 15 is 0 Å². The van der Waals surface area contributed by atoms with Gasteiger partial charge >= 0.3 is 0 Å². The standard InChI is InChI=1S/C6H5N3S/c1-5-7-2-6(3-8-5)9-4-10/h2-3H,1H3. The molecule has 0 aliphatic heterocycles. The van der Waals surface area contributed by atoms with E-state index in [1.54, 1.807) is 12.4 Å². The molecule has 1 aromatic heterocycles. The molecule has 0 aliphatic rings. The van der Waals surface area contributed by atoms with Crippen molar-refractivity contribution >= 4 is 23.1 Å². The van der Waals surface area contributed by atoms with Crippen molar-refractivity contribution in [2.24, 2.45) is 4.99 Å². The summed E-state index contributed by atoms with van der Waals surface area (Å²) in [5.74, 6) is 0.725. The maximum absolute atomic E-state index is 4.39. The number of aromatic nitrogens is 2. The fourth-order valence-corrected chi connectivity index (χ4v) is 0.602. The zero-order valence-corrected chi connectivity index (χ0v) is 6.22. The van der Waals surface area contributed by atoms with Crippen LogP contribution in [0.15, 0.2) is 17.4 Å². The molecule has 3 nitrogen and oxygen atoms in total. The summed E-state index contributed by atoms with van der Waals surface area (Å²) in [6.45, 7) is 1.81. The van der Waals surface area contributed by atoms with Gasteiger partial charge in [-0.2, -0.15) is 4.99 Å². The monoisotopic (exact) mass is 151 g/mol. The smallest absolute Gasteiger partial charge is 0.125 e. The molecule has 1 heterocycles. The third-order valence-electron chi connectivity index (χ3n) is 0.942. The van der Waals surface area contributed by atoms with E-state index in [2.05, 4.69) is 32.3 Å². The predicted octanol–water partition coefficient (Wildman–Crippen LogP) is 1.52. The minimum Gasteiger partial charge on any atom is -0.239 e. The Balaban J connectivity index is 3.00. The molecule has 0 fully saturated rings. The second-order valence-corrected chi connectivity index (χ2v) is 1.87. The van der Waals surface area contributed by atoms with Gasteiger partial charge in [-0.25, -0.2) is 9.97 Å². The van der Waals surface area contributed by atoms with Crippen molar-refractivity contribution in [3.63, 3.8) is 0 Å². The Kier molecular flexibility index (Phi) is 2.20. The molecule has 1 aromatic rings. The van der Waals surface area contributed by atoms with Gasteiger partial charge in [-0.15, -0.1) is 0 Å². The molecular weight excluding hydrogens is 146 g/mol. The van der Waals surface area contributed by atoms with Gasteiger partial charge in [-0.05, 0) is 19.1 Å². The molecule has 0 radical (unpaired) electrons. The number of aryl methyl sites for hydroxylation is 1. The Morgan fingerprint density at radius 1 is 1.50 bits per heavy atom. The second-order valence-electron chi connectivity index (χ2n) is 1.69. The highest BCUT2D eigenvalue weighted by Crippen LogP contribution is 2.04.